The summed E-state index contributed by atoms with van der Waals surface area (Å²) in [5.74, 6) is -0.905. The molecule has 2 aromatic carbocycles. The summed E-state index contributed by atoms with van der Waals surface area (Å²) in [4.78, 5) is 18.5. The summed E-state index contributed by atoms with van der Waals surface area (Å²) in [6.07, 6.45) is 4.51. The monoisotopic (exact) mass is 474 g/mol. The van der Waals surface area contributed by atoms with Crippen molar-refractivity contribution in [2.75, 3.05) is 30.8 Å². The fourth-order valence-electron chi connectivity index (χ4n) is 4.64. The summed E-state index contributed by atoms with van der Waals surface area (Å²) in [6, 6.07) is 13.9. The number of hydrogen-bond acceptors (Lipinski definition) is 6. The van der Waals surface area contributed by atoms with E-state index in [0.717, 1.165) is 48.7 Å². The van der Waals surface area contributed by atoms with Gasteiger partial charge in [-0.2, -0.15) is 0 Å². The zero-order valence-corrected chi connectivity index (χ0v) is 20.2. The Morgan fingerprint density at radius 2 is 1.81 bits per heavy atom. The highest BCUT2D eigenvalue weighted by molar-refractivity contribution is 7.99. The van der Waals surface area contributed by atoms with E-state index < -0.39 is 15.8 Å². The van der Waals surface area contributed by atoms with Crippen LogP contribution in [0.3, 0.4) is 0 Å². The Balaban J connectivity index is 1.60. The van der Waals surface area contributed by atoms with Gasteiger partial charge in [-0.05, 0) is 69.1 Å². The van der Waals surface area contributed by atoms with Gasteiger partial charge in [-0.3, -0.25) is 4.79 Å². The molecule has 32 heavy (non-hydrogen) atoms. The fraction of sp³-hybridized carbons (Fsp3) is 0.458. The van der Waals surface area contributed by atoms with Crippen molar-refractivity contribution >= 4 is 38.9 Å². The maximum absolute atomic E-state index is 12.2. The molecule has 0 aromatic heterocycles. The highest BCUT2D eigenvalue weighted by Gasteiger charge is 2.30. The number of likely N-dealkylation sites (tertiary alicyclic amines) is 1. The molecule has 1 unspecified atom stereocenters. The van der Waals surface area contributed by atoms with E-state index >= 15 is 0 Å². The molecule has 0 radical (unpaired) electrons. The second-order valence-electron chi connectivity index (χ2n) is 8.65. The molecular formula is C24H30N2O4S2. The maximum atomic E-state index is 12.2. The number of piperidine rings is 1. The Bertz CT molecular complexity index is 1090. The average Bonchev–Trinajstić information content (AvgIpc) is 2.78. The van der Waals surface area contributed by atoms with Gasteiger partial charge in [0.1, 0.15) is 0 Å². The van der Waals surface area contributed by atoms with Gasteiger partial charge in [0.15, 0.2) is 9.84 Å². The smallest absolute Gasteiger partial charge is 0.306 e. The number of fused-ring (bicyclic) bond motifs is 2. The fourth-order valence-corrected chi connectivity index (χ4v) is 6.33. The Morgan fingerprint density at radius 1 is 1.12 bits per heavy atom. The largest absolute Gasteiger partial charge is 0.481 e. The van der Waals surface area contributed by atoms with Gasteiger partial charge in [-0.1, -0.05) is 30.8 Å². The molecule has 1 atom stereocenters. The molecule has 6 nitrogen and oxygen atoms in total. The van der Waals surface area contributed by atoms with Crippen LogP contribution in [0.2, 0.25) is 0 Å². The standard InChI is InChI=1S/C24H30N2O4S2/c1-3-18(12-15-25-13-10-17(11-14-25)24(27)28)26-20-6-4-5-7-22(20)31-23-9-8-19(16-21(23)26)32(2,29)30/h4-9,16-18H,3,10-15H2,1-2H3,(H,27,28). The van der Waals surface area contributed by atoms with Crippen LogP contribution in [0.5, 0.6) is 0 Å². The summed E-state index contributed by atoms with van der Waals surface area (Å²) in [6.45, 7) is 4.70. The molecule has 1 fully saturated rings. The van der Waals surface area contributed by atoms with Gasteiger partial charge in [-0.25, -0.2) is 8.42 Å². The molecule has 0 saturated carbocycles. The second kappa shape index (κ2) is 9.45. The number of carboxylic acids is 1. The lowest BCUT2D eigenvalue weighted by atomic mass is 9.96. The summed E-state index contributed by atoms with van der Waals surface area (Å²) < 4.78 is 24.5. The average molecular weight is 475 g/mol. The highest BCUT2D eigenvalue weighted by Crippen LogP contribution is 2.50. The Labute approximate surface area is 194 Å². The minimum Gasteiger partial charge on any atom is -0.481 e. The molecule has 0 bridgehead atoms. The van der Waals surface area contributed by atoms with Crippen LogP contribution in [0.25, 0.3) is 0 Å². The van der Waals surface area contributed by atoms with Crippen molar-refractivity contribution in [3.05, 3.63) is 42.5 Å². The molecule has 2 aliphatic heterocycles. The van der Waals surface area contributed by atoms with Crippen molar-refractivity contribution < 1.29 is 18.3 Å². The Hall–Kier alpha value is -2.03. The molecule has 0 amide bonds. The van der Waals surface area contributed by atoms with Gasteiger partial charge in [0.05, 0.1) is 22.2 Å². The summed E-state index contributed by atoms with van der Waals surface area (Å²) in [7, 11) is -3.30. The minimum atomic E-state index is -3.30. The van der Waals surface area contributed by atoms with Gasteiger partial charge in [0.25, 0.3) is 0 Å². The molecule has 2 aliphatic rings. The lowest BCUT2D eigenvalue weighted by molar-refractivity contribution is -0.143. The van der Waals surface area contributed by atoms with Crippen LogP contribution < -0.4 is 4.90 Å². The van der Waals surface area contributed by atoms with Crippen molar-refractivity contribution in [3.8, 4) is 0 Å². The van der Waals surface area contributed by atoms with Crippen molar-refractivity contribution in [3.63, 3.8) is 0 Å². The second-order valence-corrected chi connectivity index (χ2v) is 11.7. The van der Waals surface area contributed by atoms with E-state index in [0.29, 0.717) is 17.7 Å². The molecule has 1 saturated heterocycles. The predicted molar refractivity (Wildman–Crippen MR) is 128 cm³/mol. The molecule has 0 aliphatic carbocycles. The number of nitrogens with zero attached hydrogens (tertiary/aromatic N) is 2. The Morgan fingerprint density at radius 3 is 2.47 bits per heavy atom. The van der Waals surface area contributed by atoms with Gasteiger partial charge < -0.3 is 14.9 Å². The lowest BCUT2D eigenvalue weighted by Crippen LogP contribution is -2.40. The van der Waals surface area contributed by atoms with Crippen LogP contribution in [0, 0.1) is 5.92 Å². The van der Waals surface area contributed by atoms with E-state index in [1.165, 1.54) is 11.2 Å². The van der Waals surface area contributed by atoms with E-state index in [-0.39, 0.29) is 12.0 Å². The summed E-state index contributed by atoms with van der Waals surface area (Å²) in [5.41, 5.74) is 2.07. The molecule has 2 heterocycles. The molecule has 1 N–H and O–H groups in total. The molecule has 8 heteroatoms. The van der Waals surface area contributed by atoms with Crippen molar-refractivity contribution in [1.29, 1.82) is 0 Å². The van der Waals surface area contributed by atoms with Gasteiger partial charge in [0, 0.05) is 28.6 Å². The first-order chi connectivity index (χ1) is 15.3. The third kappa shape index (κ3) is 4.82. The quantitative estimate of drug-likeness (QED) is 0.625. The minimum absolute atomic E-state index is 0.211. The number of anilines is 2. The van der Waals surface area contributed by atoms with E-state index in [1.807, 2.05) is 24.3 Å². The number of rotatable bonds is 7. The van der Waals surface area contributed by atoms with Gasteiger partial charge in [0.2, 0.25) is 0 Å². The molecular weight excluding hydrogens is 444 g/mol. The van der Waals surface area contributed by atoms with Crippen molar-refractivity contribution in [1.82, 2.24) is 4.90 Å². The van der Waals surface area contributed by atoms with Crippen LogP contribution in [0.1, 0.15) is 32.6 Å². The zero-order chi connectivity index (χ0) is 22.9. The molecule has 2 aromatic rings. The number of carboxylic acid groups (broad SMARTS) is 1. The lowest BCUT2D eigenvalue weighted by Gasteiger charge is -2.40. The first-order valence-electron chi connectivity index (χ1n) is 11.1. The van der Waals surface area contributed by atoms with E-state index in [4.69, 9.17) is 0 Å². The van der Waals surface area contributed by atoms with Crippen LogP contribution in [0.4, 0.5) is 11.4 Å². The summed E-state index contributed by atoms with van der Waals surface area (Å²) in [5, 5.41) is 9.25. The number of para-hydroxylation sites is 1. The first-order valence-corrected chi connectivity index (χ1v) is 13.8. The normalized spacial score (nSPS) is 18.1. The van der Waals surface area contributed by atoms with Gasteiger partial charge >= 0.3 is 5.97 Å². The van der Waals surface area contributed by atoms with E-state index in [9.17, 15) is 18.3 Å². The maximum Gasteiger partial charge on any atom is 0.306 e. The van der Waals surface area contributed by atoms with Crippen LogP contribution >= 0.6 is 11.8 Å². The van der Waals surface area contributed by atoms with E-state index in [1.54, 1.807) is 17.8 Å². The third-order valence-corrected chi connectivity index (χ3v) is 8.76. The Kier molecular flexibility index (Phi) is 6.83. The van der Waals surface area contributed by atoms with Crippen LogP contribution in [-0.2, 0) is 14.6 Å². The van der Waals surface area contributed by atoms with Crippen molar-refractivity contribution in [2.24, 2.45) is 5.92 Å². The number of benzene rings is 2. The van der Waals surface area contributed by atoms with Gasteiger partial charge in [-0.15, -0.1) is 0 Å². The number of sulfone groups is 1. The predicted octanol–water partition coefficient (Wildman–Crippen LogP) is 4.66. The van der Waals surface area contributed by atoms with Crippen LogP contribution in [-0.4, -0.2) is 56.3 Å². The molecule has 4 rings (SSSR count). The number of aliphatic carboxylic acids is 1. The van der Waals surface area contributed by atoms with E-state index in [2.05, 4.69) is 28.9 Å². The number of hydrogen-bond donors (Lipinski definition) is 1. The zero-order valence-electron chi connectivity index (χ0n) is 18.5. The third-order valence-electron chi connectivity index (χ3n) is 6.51. The summed E-state index contributed by atoms with van der Waals surface area (Å²) >= 11 is 1.68. The number of carbonyl (C=O) groups is 1. The topological polar surface area (TPSA) is 77.9 Å². The first kappa shape index (κ1) is 23.1. The SMILES string of the molecule is CCC(CCN1CCC(C(=O)O)CC1)N1c2ccccc2Sc2ccc(S(C)(=O)=O)cc21. The highest BCUT2D eigenvalue weighted by atomic mass is 32.2. The molecule has 0 spiro atoms. The molecule has 172 valence electrons. The van der Waals surface area contributed by atoms with Crippen LogP contribution in [0.15, 0.2) is 57.2 Å². The van der Waals surface area contributed by atoms with Crippen molar-refractivity contribution in [2.45, 2.75) is 53.3 Å².